The van der Waals surface area contributed by atoms with Gasteiger partial charge in [0.1, 0.15) is 0 Å². The number of allylic oxidation sites excluding steroid dienone is 4. The van der Waals surface area contributed by atoms with E-state index in [9.17, 15) is 0 Å². The van der Waals surface area contributed by atoms with Gasteiger partial charge in [-0.05, 0) is 39.0 Å². The van der Waals surface area contributed by atoms with Crippen molar-refractivity contribution < 1.29 is 0 Å². The van der Waals surface area contributed by atoms with Crippen LogP contribution >= 0.6 is 0 Å². The van der Waals surface area contributed by atoms with E-state index in [1.165, 1.54) is 18.4 Å². The van der Waals surface area contributed by atoms with Crippen LogP contribution in [0.25, 0.3) is 0 Å². The van der Waals surface area contributed by atoms with Crippen molar-refractivity contribution in [3.05, 3.63) is 37.0 Å². The normalized spacial score (nSPS) is 12.6. The van der Waals surface area contributed by atoms with E-state index in [2.05, 4.69) is 79.9 Å². The molecule has 0 heterocycles. The molecule has 0 aliphatic carbocycles. The molecule has 2 unspecified atom stereocenters. The van der Waals surface area contributed by atoms with Crippen LogP contribution in [0.1, 0.15) is 61.3 Å². The van der Waals surface area contributed by atoms with Crippen LogP contribution in [0.4, 0.5) is 0 Å². The van der Waals surface area contributed by atoms with Crippen molar-refractivity contribution in [2.45, 2.75) is 61.3 Å². The van der Waals surface area contributed by atoms with E-state index in [4.69, 9.17) is 0 Å². The summed E-state index contributed by atoms with van der Waals surface area (Å²) < 4.78 is 0. The van der Waals surface area contributed by atoms with Gasteiger partial charge in [-0.15, -0.1) is 13.2 Å². The molecule has 0 fully saturated rings. The van der Waals surface area contributed by atoms with Crippen molar-refractivity contribution in [2.75, 3.05) is 0 Å². The van der Waals surface area contributed by atoms with Crippen LogP contribution in [-0.4, -0.2) is 0 Å². The molecule has 0 N–H and O–H groups in total. The van der Waals surface area contributed by atoms with Gasteiger partial charge in [-0.25, -0.2) is 0 Å². The standard InChI is InChI=1S/C12H22.C3H8.C2H4/c1-6-7-11(4)12(5)9-8-10(2)3;1-3-2;1-2/h6-8,11-12H,9H2,1-5H3;3H2,1-2H3;1-2H2/b7-6-;;. The van der Waals surface area contributed by atoms with E-state index in [1.807, 2.05) is 0 Å². The van der Waals surface area contributed by atoms with Crippen molar-refractivity contribution in [3.8, 4) is 0 Å². The first kappa shape index (κ1) is 21.5. The van der Waals surface area contributed by atoms with Crippen LogP contribution in [0.15, 0.2) is 37.0 Å². The maximum atomic E-state index is 3.00. The molecule has 0 heteroatoms. The van der Waals surface area contributed by atoms with Gasteiger partial charge in [0.15, 0.2) is 0 Å². The van der Waals surface area contributed by atoms with E-state index >= 15 is 0 Å². The van der Waals surface area contributed by atoms with Gasteiger partial charge >= 0.3 is 0 Å². The Balaban J connectivity index is -0.000000337. The quantitative estimate of drug-likeness (QED) is 0.496. The third-order valence-corrected chi connectivity index (χ3v) is 2.29. The zero-order chi connectivity index (χ0) is 14.3. The monoisotopic (exact) mass is 238 g/mol. The molecule has 0 aromatic rings. The molecular formula is C17H34. The van der Waals surface area contributed by atoms with E-state index in [0.29, 0.717) is 5.92 Å². The van der Waals surface area contributed by atoms with E-state index in [1.54, 1.807) is 0 Å². The first-order valence-corrected chi connectivity index (χ1v) is 6.75. The molecule has 0 aromatic heterocycles. The summed E-state index contributed by atoms with van der Waals surface area (Å²) in [5, 5.41) is 0. The molecule has 0 aromatic carbocycles. The topological polar surface area (TPSA) is 0 Å². The highest BCUT2D eigenvalue weighted by atomic mass is 14.1. The highest BCUT2D eigenvalue weighted by Gasteiger charge is 2.06. The Kier molecular flexibility index (Phi) is 22.3. The Hall–Kier alpha value is -0.780. The smallest absolute Gasteiger partial charge is 0.0233 e. The zero-order valence-corrected chi connectivity index (χ0v) is 13.2. The number of hydrogen-bond donors (Lipinski definition) is 0. The minimum absolute atomic E-state index is 0.700. The van der Waals surface area contributed by atoms with E-state index in [-0.39, 0.29) is 0 Å². The molecule has 0 nitrogen and oxygen atoms in total. The Bertz CT molecular complexity index is 182. The van der Waals surface area contributed by atoms with Crippen LogP contribution < -0.4 is 0 Å². The summed E-state index contributed by atoms with van der Waals surface area (Å²) in [5.74, 6) is 1.46. The fourth-order valence-electron chi connectivity index (χ4n) is 1.13. The maximum absolute atomic E-state index is 3.00. The zero-order valence-electron chi connectivity index (χ0n) is 13.2. The Labute approximate surface area is 111 Å². The van der Waals surface area contributed by atoms with Crippen LogP contribution in [0, 0.1) is 11.8 Å². The Morgan fingerprint density at radius 3 is 1.82 bits per heavy atom. The fourth-order valence-corrected chi connectivity index (χ4v) is 1.13. The summed E-state index contributed by atoms with van der Waals surface area (Å²) >= 11 is 0. The molecule has 0 amide bonds. The van der Waals surface area contributed by atoms with Crippen molar-refractivity contribution in [3.63, 3.8) is 0 Å². The molecule has 0 radical (unpaired) electrons. The molecule has 0 rings (SSSR count). The van der Waals surface area contributed by atoms with Crippen LogP contribution in [0.2, 0.25) is 0 Å². The average Bonchev–Trinajstić information content (AvgIpc) is 2.30. The summed E-state index contributed by atoms with van der Waals surface area (Å²) in [7, 11) is 0. The van der Waals surface area contributed by atoms with Gasteiger partial charge in [-0.1, -0.05) is 57.9 Å². The second-order valence-electron chi connectivity index (χ2n) is 4.59. The second-order valence-corrected chi connectivity index (χ2v) is 4.59. The summed E-state index contributed by atoms with van der Waals surface area (Å²) in [4.78, 5) is 0. The molecule has 0 spiro atoms. The fraction of sp³-hybridized carbons (Fsp3) is 0.647. The van der Waals surface area contributed by atoms with Gasteiger partial charge in [-0.3, -0.25) is 0 Å². The SMILES string of the molecule is C/C=C\C(C)C(C)CC=C(C)C.C=C.CCC. The van der Waals surface area contributed by atoms with Crippen LogP contribution in [0.3, 0.4) is 0 Å². The van der Waals surface area contributed by atoms with Gasteiger partial charge in [0.25, 0.3) is 0 Å². The third-order valence-electron chi connectivity index (χ3n) is 2.29. The largest absolute Gasteiger partial charge is 0.106 e. The lowest BCUT2D eigenvalue weighted by Gasteiger charge is -2.14. The van der Waals surface area contributed by atoms with Gasteiger partial charge in [0.2, 0.25) is 0 Å². The van der Waals surface area contributed by atoms with Crippen LogP contribution in [-0.2, 0) is 0 Å². The lowest BCUT2D eigenvalue weighted by molar-refractivity contribution is 0.464. The minimum atomic E-state index is 0.700. The first-order valence-electron chi connectivity index (χ1n) is 6.75. The van der Waals surface area contributed by atoms with Gasteiger partial charge in [-0.2, -0.15) is 0 Å². The lowest BCUT2D eigenvalue weighted by atomic mass is 9.92. The maximum Gasteiger partial charge on any atom is -0.0233 e. The summed E-state index contributed by atoms with van der Waals surface area (Å²) in [6.07, 6.45) is 9.20. The lowest BCUT2D eigenvalue weighted by Crippen LogP contribution is -2.03. The minimum Gasteiger partial charge on any atom is -0.106 e. The second kappa shape index (κ2) is 17.6. The molecule has 17 heavy (non-hydrogen) atoms. The molecule has 0 bridgehead atoms. The molecule has 102 valence electrons. The van der Waals surface area contributed by atoms with Crippen molar-refractivity contribution in [1.82, 2.24) is 0 Å². The highest BCUT2D eigenvalue weighted by Crippen LogP contribution is 2.17. The molecule has 0 saturated heterocycles. The summed E-state index contributed by atoms with van der Waals surface area (Å²) in [6, 6.07) is 0. The Morgan fingerprint density at radius 2 is 1.53 bits per heavy atom. The van der Waals surface area contributed by atoms with E-state index in [0.717, 1.165) is 5.92 Å². The highest BCUT2D eigenvalue weighted by molar-refractivity contribution is 4.96. The predicted octanol–water partition coefficient (Wildman–Crippen LogP) is 6.41. The number of hydrogen-bond acceptors (Lipinski definition) is 0. The van der Waals surface area contributed by atoms with Crippen molar-refractivity contribution >= 4 is 0 Å². The van der Waals surface area contributed by atoms with Crippen LogP contribution in [0.5, 0.6) is 0 Å². The molecule has 0 aliphatic heterocycles. The molecule has 2 atom stereocenters. The summed E-state index contributed by atoms with van der Waals surface area (Å²) in [6.45, 7) is 21.2. The molecule has 0 saturated carbocycles. The predicted molar refractivity (Wildman–Crippen MR) is 84.4 cm³/mol. The summed E-state index contributed by atoms with van der Waals surface area (Å²) in [5.41, 5.74) is 1.43. The van der Waals surface area contributed by atoms with Gasteiger partial charge < -0.3 is 0 Å². The number of rotatable bonds is 4. The van der Waals surface area contributed by atoms with Crippen molar-refractivity contribution in [1.29, 1.82) is 0 Å². The van der Waals surface area contributed by atoms with E-state index < -0.39 is 0 Å². The first-order chi connectivity index (χ1) is 7.99. The molecule has 0 aliphatic rings. The average molecular weight is 238 g/mol. The third kappa shape index (κ3) is 21.1. The molecular weight excluding hydrogens is 204 g/mol. The Morgan fingerprint density at radius 1 is 1.12 bits per heavy atom. The van der Waals surface area contributed by atoms with Gasteiger partial charge in [0, 0.05) is 0 Å². The van der Waals surface area contributed by atoms with Gasteiger partial charge in [0.05, 0.1) is 0 Å². The van der Waals surface area contributed by atoms with Crippen molar-refractivity contribution in [2.24, 2.45) is 11.8 Å².